The third kappa shape index (κ3) is 4.77. The fourth-order valence-electron chi connectivity index (χ4n) is 4.51. The number of aromatic nitrogens is 2. The van der Waals surface area contributed by atoms with Crippen LogP contribution >= 0.6 is 11.8 Å². The maximum atomic E-state index is 13.1. The molecule has 7 nitrogen and oxygen atoms in total. The minimum Gasteiger partial charge on any atom is -0.497 e. The molecule has 0 radical (unpaired) electrons. The van der Waals surface area contributed by atoms with E-state index in [1.54, 1.807) is 35.3 Å². The summed E-state index contributed by atoms with van der Waals surface area (Å²) < 4.78 is 41.1. The first-order valence-electron chi connectivity index (χ1n) is 11.4. The van der Waals surface area contributed by atoms with Gasteiger partial charge in [-0.15, -0.1) is 0 Å². The average molecular weight is 488 g/mol. The van der Waals surface area contributed by atoms with Crippen LogP contribution < -0.4 is 4.74 Å². The van der Waals surface area contributed by atoms with Gasteiger partial charge in [0.15, 0.2) is 5.16 Å². The Morgan fingerprint density at radius 1 is 1.15 bits per heavy atom. The Kier molecular flexibility index (Phi) is 6.65. The molecule has 2 aliphatic rings. The maximum Gasteiger partial charge on any atom is 0.243 e. The summed E-state index contributed by atoms with van der Waals surface area (Å²) in [6, 6.07) is 13.4. The molecule has 2 aliphatic heterocycles. The first-order valence-corrected chi connectivity index (χ1v) is 13.8. The van der Waals surface area contributed by atoms with Crippen molar-refractivity contribution in [2.45, 2.75) is 54.1 Å². The topological polar surface area (TPSA) is 73.7 Å². The summed E-state index contributed by atoms with van der Waals surface area (Å²) in [6.07, 6.45) is 4.10. The molecule has 3 heterocycles. The number of methoxy groups -OCH3 is 1. The number of benzene rings is 2. The second-order valence-corrected chi connectivity index (χ2v) is 11.4. The van der Waals surface area contributed by atoms with Gasteiger partial charge in [-0.05, 0) is 61.6 Å². The largest absolute Gasteiger partial charge is 0.497 e. The Morgan fingerprint density at radius 3 is 2.76 bits per heavy atom. The molecule has 0 bridgehead atoms. The highest BCUT2D eigenvalue weighted by atomic mass is 32.2. The molecule has 1 aromatic heterocycles. The van der Waals surface area contributed by atoms with E-state index in [0.717, 1.165) is 66.6 Å². The van der Waals surface area contributed by atoms with Gasteiger partial charge < -0.3 is 14.0 Å². The van der Waals surface area contributed by atoms with Crippen LogP contribution in [-0.4, -0.2) is 55.2 Å². The van der Waals surface area contributed by atoms with Gasteiger partial charge in [0, 0.05) is 25.4 Å². The van der Waals surface area contributed by atoms with E-state index in [4.69, 9.17) is 14.5 Å². The Hall–Kier alpha value is -2.07. The summed E-state index contributed by atoms with van der Waals surface area (Å²) in [5, 5.41) is 0.874. The summed E-state index contributed by atoms with van der Waals surface area (Å²) in [5.74, 6) is 1.57. The van der Waals surface area contributed by atoms with Crippen LogP contribution in [0.15, 0.2) is 52.5 Å². The summed E-state index contributed by atoms with van der Waals surface area (Å²) in [5.41, 5.74) is 2.80. The van der Waals surface area contributed by atoms with Crippen molar-refractivity contribution in [1.82, 2.24) is 13.9 Å². The molecular weight excluding hydrogens is 458 g/mol. The average Bonchev–Trinajstić information content (AvgIpc) is 3.60. The van der Waals surface area contributed by atoms with Crippen molar-refractivity contribution in [1.29, 1.82) is 0 Å². The second-order valence-electron chi connectivity index (χ2n) is 8.54. The highest BCUT2D eigenvalue weighted by Gasteiger charge is 2.28. The van der Waals surface area contributed by atoms with Crippen molar-refractivity contribution in [2.75, 3.05) is 26.8 Å². The van der Waals surface area contributed by atoms with Gasteiger partial charge in [-0.2, -0.15) is 4.31 Å². The van der Waals surface area contributed by atoms with Gasteiger partial charge in [0.1, 0.15) is 5.75 Å². The quantitative estimate of drug-likeness (QED) is 0.441. The summed E-state index contributed by atoms with van der Waals surface area (Å²) >= 11 is 1.65. The highest BCUT2D eigenvalue weighted by Crippen LogP contribution is 2.31. The molecule has 0 aliphatic carbocycles. The van der Waals surface area contributed by atoms with Crippen molar-refractivity contribution in [3.63, 3.8) is 0 Å². The number of imidazole rings is 1. The van der Waals surface area contributed by atoms with Crippen LogP contribution in [0.4, 0.5) is 0 Å². The standard InChI is InChI=1S/C24H29N3O4S2/c1-30-19-7-4-6-18(14-19)17-32-24-25-22-15-21(33(28,29)26-11-2-3-12-26)9-10-23(22)27(24)16-20-8-5-13-31-20/h4,6-7,9-10,14-15,20H,2-3,5,8,11-13,16-17H2,1H3. The van der Waals surface area contributed by atoms with Crippen LogP contribution in [0.5, 0.6) is 5.75 Å². The van der Waals surface area contributed by atoms with Gasteiger partial charge in [0.25, 0.3) is 0 Å². The first kappa shape index (κ1) is 22.7. The van der Waals surface area contributed by atoms with Gasteiger partial charge in [-0.25, -0.2) is 13.4 Å². The van der Waals surface area contributed by atoms with Crippen LogP contribution in [-0.2, 0) is 27.1 Å². The molecule has 33 heavy (non-hydrogen) atoms. The van der Waals surface area contributed by atoms with Crippen molar-refractivity contribution < 1.29 is 17.9 Å². The van der Waals surface area contributed by atoms with Crippen molar-refractivity contribution in [3.05, 3.63) is 48.0 Å². The first-order chi connectivity index (χ1) is 16.0. The van der Waals surface area contributed by atoms with E-state index >= 15 is 0 Å². The van der Waals surface area contributed by atoms with Crippen molar-refractivity contribution >= 4 is 32.8 Å². The predicted molar refractivity (Wildman–Crippen MR) is 129 cm³/mol. The smallest absolute Gasteiger partial charge is 0.243 e. The molecule has 1 unspecified atom stereocenters. The number of thioether (sulfide) groups is 1. The zero-order chi connectivity index (χ0) is 22.8. The summed E-state index contributed by atoms with van der Waals surface area (Å²) in [7, 11) is -1.81. The molecule has 1 atom stereocenters. The van der Waals surface area contributed by atoms with Crippen LogP contribution in [0, 0.1) is 0 Å². The number of hydrogen-bond acceptors (Lipinski definition) is 6. The van der Waals surface area contributed by atoms with Gasteiger partial charge in [0.2, 0.25) is 10.0 Å². The van der Waals surface area contributed by atoms with Crippen molar-refractivity contribution in [3.8, 4) is 5.75 Å². The molecule has 0 saturated carbocycles. The Labute approximate surface area is 199 Å². The monoisotopic (exact) mass is 487 g/mol. The third-order valence-electron chi connectivity index (χ3n) is 6.30. The van der Waals surface area contributed by atoms with E-state index in [0.29, 0.717) is 23.5 Å². The summed E-state index contributed by atoms with van der Waals surface area (Å²) in [6.45, 7) is 2.70. The lowest BCUT2D eigenvalue weighted by molar-refractivity contribution is 0.0960. The molecule has 2 fully saturated rings. The van der Waals surface area contributed by atoms with E-state index < -0.39 is 10.0 Å². The Balaban J connectivity index is 1.47. The van der Waals surface area contributed by atoms with E-state index in [1.165, 1.54) is 0 Å². The lowest BCUT2D eigenvalue weighted by Crippen LogP contribution is -2.27. The maximum absolute atomic E-state index is 13.1. The highest BCUT2D eigenvalue weighted by molar-refractivity contribution is 7.98. The van der Waals surface area contributed by atoms with E-state index in [9.17, 15) is 8.42 Å². The van der Waals surface area contributed by atoms with Crippen LogP contribution in [0.3, 0.4) is 0 Å². The molecule has 2 aromatic carbocycles. The molecule has 2 saturated heterocycles. The number of nitrogens with zero attached hydrogens (tertiary/aromatic N) is 3. The molecule has 0 spiro atoms. The van der Waals surface area contributed by atoms with Crippen LogP contribution in [0.1, 0.15) is 31.2 Å². The van der Waals surface area contributed by atoms with Gasteiger partial charge in [-0.3, -0.25) is 0 Å². The molecule has 176 valence electrons. The summed E-state index contributed by atoms with van der Waals surface area (Å²) in [4.78, 5) is 5.19. The van der Waals surface area contributed by atoms with Crippen LogP contribution in [0.25, 0.3) is 11.0 Å². The Bertz CT molecular complexity index is 1230. The fraction of sp³-hybridized carbons (Fsp3) is 0.458. The number of fused-ring (bicyclic) bond motifs is 1. The normalized spacial score (nSPS) is 19.5. The lowest BCUT2D eigenvalue weighted by atomic mass is 10.2. The molecule has 5 rings (SSSR count). The number of hydrogen-bond donors (Lipinski definition) is 0. The third-order valence-corrected chi connectivity index (χ3v) is 9.24. The van der Waals surface area contributed by atoms with E-state index in [-0.39, 0.29) is 6.10 Å². The van der Waals surface area contributed by atoms with Gasteiger partial charge >= 0.3 is 0 Å². The van der Waals surface area contributed by atoms with E-state index in [1.807, 2.05) is 24.3 Å². The number of rotatable bonds is 8. The Morgan fingerprint density at radius 2 is 2.00 bits per heavy atom. The minimum absolute atomic E-state index is 0.159. The molecule has 9 heteroatoms. The van der Waals surface area contributed by atoms with Crippen molar-refractivity contribution in [2.24, 2.45) is 0 Å². The van der Waals surface area contributed by atoms with Crippen LogP contribution in [0.2, 0.25) is 0 Å². The number of ether oxygens (including phenoxy) is 2. The predicted octanol–water partition coefficient (Wildman–Crippen LogP) is 4.30. The molecule has 3 aromatic rings. The number of sulfonamides is 1. The molecule has 0 amide bonds. The zero-order valence-corrected chi connectivity index (χ0v) is 20.4. The van der Waals surface area contributed by atoms with Gasteiger partial charge in [-0.1, -0.05) is 23.9 Å². The lowest BCUT2D eigenvalue weighted by Gasteiger charge is -2.16. The SMILES string of the molecule is COc1cccc(CSc2nc3cc(S(=O)(=O)N4CCCC4)ccc3n2CC2CCCO2)c1. The molecular formula is C24H29N3O4S2. The fourth-order valence-corrected chi connectivity index (χ4v) is 7.02. The second kappa shape index (κ2) is 9.66. The van der Waals surface area contributed by atoms with Gasteiger partial charge in [0.05, 0.1) is 35.7 Å². The minimum atomic E-state index is -3.48. The zero-order valence-electron chi connectivity index (χ0n) is 18.8. The van der Waals surface area contributed by atoms with E-state index in [2.05, 4.69) is 10.6 Å². The molecule has 0 N–H and O–H groups in total.